The van der Waals surface area contributed by atoms with Crippen LogP contribution in [0.15, 0.2) is 60.8 Å². The molecule has 0 unspecified atom stereocenters. The van der Waals surface area contributed by atoms with Gasteiger partial charge in [0, 0.05) is 56.0 Å². The summed E-state index contributed by atoms with van der Waals surface area (Å²) in [5.41, 5.74) is 3.50. The zero-order valence-electron chi connectivity index (χ0n) is 19.2. The summed E-state index contributed by atoms with van der Waals surface area (Å²) in [6.45, 7) is 5.67. The first-order chi connectivity index (χ1) is 16.5. The van der Waals surface area contributed by atoms with Crippen molar-refractivity contribution in [3.63, 3.8) is 0 Å². The maximum atomic E-state index is 12.9. The van der Waals surface area contributed by atoms with Gasteiger partial charge in [-0.1, -0.05) is 30.3 Å². The molecule has 172 valence electrons. The van der Waals surface area contributed by atoms with E-state index in [-0.39, 0.29) is 17.5 Å². The van der Waals surface area contributed by atoms with Crippen LogP contribution < -0.4 is 5.32 Å². The summed E-state index contributed by atoms with van der Waals surface area (Å²) in [7, 11) is 0. The molecule has 1 saturated heterocycles. The van der Waals surface area contributed by atoms with Gasteiger partial charge in [0.05, 0.1) is 17.6 Å². The van der Waals surface area contributed by atoms with Crippen LogP contribution in [-0.4, -0.2) is 64.3 Å². The smallest absolute Gasteiger partial charge is 0.276 e. The molecule has 7 heteroatoms. The van der Waals surface area contributed by atoms with E-state index in [1.165, 1.54) is 0 Å². The predicted molar refractivity (Wildman–Crippen MR) is 132 cm³/mol. The van der Waals surface area contributed by atoms with Crippen LogP contribution in [0.4, 0.5) is 5.69 Å². The minimum absolute atomic E-state index is 0.0149. The van der Waals surface area contributed by atoms with E-state index < -0.39 is 0 Å². The fourth-order valence-corrected chi connectivity index (χ4v) is 3.88. The van der Waals surface area contributed by atoms with Gasteiger partial charge in [-0.05, 0) is 31.2 Å². The van der Waals surface area contributed by atoms with Crippen molar-refractivity contribution >= 4 is 17.5 Å². The van der Waals surface area contributed by atoms with E-state index in [9.17, 15) is 9.59 Å². The van der Waals surface area contributed by atoms with Gasteiger partial charge < -0.3 is 10.2 Å². The molecule has 1 aliphatic rings. The Morgan fingerprint density at radius 2 is 1.74 bits per heavy atom. The molecule has 0 atom stereocenters. The van der Waals surface area contributed by atoms with Crippen LogP contribution in [0.5, 0.6) is 0 Å². The normalized spacial score (nSPS) is 13.8. The van der Waals surface area contributed by atoms with E-state index in [2.05, 4.69) is 26.1 Å². The quantitative estimate of drug-likeness (QED) is 0.578. The second-order valence-corrected chi connectivity index (χ2v) is 8.17. The van der Waals surface area contributed by atoms with E-state index in [1.54, 1.807) is 25.3 Å². The molecule has 7 nitrogen and oxygen atoms in total. The largest absolute Gasteiger partial charge is 0.336 e. The fourth-order valence-electron chi connectivity index (χ4n) is 3.88. The zero-order chi connectivity index (χ0) is 23.9. The summed E-state index contributed by atoms with van der Waals surface area (Å²) in [5, 5.41) is 2.85. The molecule has 0 saturated carbocycles. The molecule has 1 fully saturated rings. The van der Waals surface area contributed by atoms with Crippen LogP contribution in [0.2, 0.25) is 0 Å². The standard InChI is InChI=1S/C27H27N5O2/c1-3-4-14-31-15-17-32(18-16-31)27(34)22-12-10-21(11-13-22)24-19-28-20(2)25(30-24)26(33)29-23-8-6-5-7-9-23/h1,5-13,19H,4,14-18H2,2H3,(H,29,33). The highest BCUT2D eigenvalue weighted by Crippen LogP contribution is 2.20. The number of piperazine rings is 1. The van der Waals surface area contributed by atoms with Gasteiger partial charge in [-0.2, -0.15) is 0 Å². The second-order valence-electron chi connectivity index (χ2n) is 8.17. The zero-order valence-corrected chi connectivity index (χ0v) is 19.2. The first kappa shape index (κ1) is 23.1. The third kappa shape index (κ3) is 5.48. The molecule has 4 rings (SSSR count). The number of hydrogen-bond acceptors (Lipinski definition) is 5. The summed E-state index contributed by atoms with van der Waals surface area (Å²) in [6.07, 6.45) is 7.71. The van der Waals surface area contributed by atoms with Gasteiger partial charge in [-0.15, -0.1) is 12.3 Å². The van der Waals surface area contributed by atoms with E-state index in [1.807, 2.05) is 47.4 Å². The van der Waals surface area contributed by atoms with Gasteiger partial charge in [0.25, 0.3) is 11.8 Å². The SMILES string of the molecule is C#CCCN1CCN(C(=O)c2ccc(-c3cnc(C)c(C(=O)Nc4ccccc4)n3)cc2)CC1. The molecule has 1 N–H and O–H groups in total. The van der Waals surface area contributed by atoms with Crippen molar-refractivity contribution in [2.45, 2.75) is 13.3 Å². The summed E-state index contributed by atoms with van der Waals surface area (Å²) in [5.74, 6) is 2.36. The average Bonchev–Trinajstić information content (AvgIpc) is 2.88. The lowest BCUT2D eigenvalue weighted by Gasteiger charge is -2.34. The number of nitrogens with one attached hydrogen (secondary N) is 1. The number of hydrogen-bond donors (Lipinski definition) is 1. The van der Waals surface area contributed by atoms with Crippen LogP contribution in [-0.2, 0) is 0 Å². The van der Waals surface area contributed by atoms with Gasteiger partial charge in [0.15, 0.2) is 0 Å². The Morgan fingerprint density at radius 3 is 2.41 bits per heavy atom. The molecule has 0 bridgehead atoms. The third-order valence-corrected chi connectivity index (χ3v) is 5.86. The fraction of sp³-hybridized carbons (Fsp3) is 0.259. The number of terminal acetylenes is 1. The number of nitrogens with zero attached hydrogens (tertiary/aromatic N) is 4. The minimum Gasteiger partial charge on any atom is -0.336 e. The van der Waals surface area contributed by atoms with Gasteiger partial charge in [0.2, 0.25) is 0 Å². The molecule has 2 heterocycles. The number of aromatic nitrogens is 2. The van der Waals surface area contributed by atoms with Gasteiger partial charge in [0.1, 0.15) is 5.69 Å². The number of rotatable bonds is 6. The van der Waals surface area contributed by atoms with Crippen molar-refractivity contribution in [1.29, 1.82) is 0 Å². The van der Waals surface area contributed by atoms with Gasteiger partial charge >= 0.3 is 0 Å². The number of anilines is 1. The topological polar surface area (TPSA) is 78.4 Å². The predicted octanol–water partition coefficient (Wildman–Crippen LogP) is 3.49. The number of benzene rings is 2. The number of carbonyl (C=O) groups excluding carboxylic acids is 2. The highest BCUT2D eigenvalue weighted by Gasteiger charge is 2.22. The molecule has 3 aromatic rings. The van der Waals surface area contributed by atoms with E-state index in [0.29, 0.717) is 35.7 Å². The minimum atomic E-state index is -0.314. The second kappa shape index (κ2) is 10.7. The number of aryl methyl sites for hydroxylation is 1. The van der Waals surface area contributed by atoms with Crippen LogP contribution in [0, 0.1) is 19.3 Å². The first-order valence-corrected chi connectivity index (χ1v) is 11.3. The lowest BCUT2D eigenvalue weighted by atomic mass is 10.1. The summed E-state index contributed by atoms with van der Waals surface area (Å²) in [4.78, 5) is 38.7. The molecule has 2 amide bonds. The van der Waals surface area contributed by atoms with Crippen LogP contribution in [0.1, 0.15) is 33.0 Å². The highest BCUT2D eigenvalue weighted by molar-refractivity contribution is 6.03. The Balaban J connectivity index is 1.44. The summed E-state index contributed by atoms with van der Waals surface area (Å²) < 4.78 is 0. The monoisotopic (exact) mass is 453 g/mol. The van der Waals surface area contributed by atoms with Crippen LogP contribution >= 0.6 is 0 Å². The molecule has 0 radical (unpaired) electrons. The van der Waals surface area contributed by atoms with Crippen molar-refractivity contribution in [3.05, 3.63) is 77.7 Å². The van der Waals surface area contributed by atoms with Crippen LogP contribution in [0.3, 0.4) is 0 Å². The molecule has 0 aliphatic carbocycles. The molecule has 2 aromatic carbocycles. The van der Waals surface area contributed by atoms with Crippen molar-refractivity contribution < 1.29 is 9.59 Å². The highest BCUT2D eigenvalue weighted by atomic mass is 16.2. The summed E-state index contributed by atoms with van der Waals surface area (Å²) >= 11 is 0. The van der Waals surface area contributed by atoms with Crippen molar-refractivity contribution in [2.24, 2.45) is 0 Å². The maximum Gasteiger partial charge on any atom is 0.276 e. The molecule has 1 aliphatic heterocycles. The van der Waals surface area contributed by atoms with Gasteiger partial charge in [-0.25, -0.2) is 4.98 Å². The lowest BCUT2D eigenvalue weighted by Crippen LogP contribution is -2.48. The summed E-state index contributed by atoms with van der Waals surface area (Å²) in [6, 6.07) is 16.5. The molecule has 0 spiro atoms. The van der Waals surface area contributed by atoms with E-state index in [0.717, 1.165) is 31.6 Å². The van der Waals surface area contributed by atoms with E-state index in [4.69, 9.17) is 6.42 Å². The van der Waals surface area contributed by atoms with Crippen molar-refractivity contribution in [2.75, 3.05) is 38.0 Å². The van der Waals surface area contributed by atoms with Crippen LogP contribution in [0.25, 0.3) is 11.3 Å². The third-order valence-electron chi connectivity index (χ3n) is 5.86. The Morgan fingerprint density at radius 1 is 1.03 bits per heavy atom. The number of carbonyl (C=O) groups is 2. The van der Waals surface area contributed by atoms with Crippen molar-refractivity contribution in [1.82, 2.24) is 19.8 Å². The molecule has 34 heavy (non-hydrogen) atoms. The number of amides is 2. The Kier molecular flexibility index (Phi) is 7.31. The maximum absolute atomic E-state index is 12.9. The van der Waals surface area contributed by atoms with Gasteiger partial charge in [-0.3, -0.25) is 19.5 Å². The Bertz CT molecular complexity index is 1190. The number of para-hydroxylation sites is 1. The van der Waals surface area contributed by atoms with Crippen molar-refractivity contribution in [3.8, 4) is 23.6 Å². The molecular weight excluding hydrogens is 426 g/mol. The Labute approximate surface area is 199 Å². The average molecular weight is 454 g/mol. The molecule has 1 aromatic heterocycles. The first-order valence-electron chi connectivity index (χ1n) is 11.3. The Hall–Kier alpha value is -4.02. The molecular formula is C27H27N5O2. The van der Waals surface area contributed by atoms with E-state index >= 15 is 0 Å². The lowest BCUT2D eigenvalue weighted by molar-refractivity contribution is 0.0640.